The summed E-state index contributed by atoms with van der Waals surface area (Å²) in [7, 11) is 0. The van der Waals surface area contributed by atoms with Gasteiger partial charge in [0.15, 0.2) is 6.61 Å². The van der Waals surface area contributed by atoms with Gasteiger partial charge in [0.25, 0.3) is 5.91 Å². The van der Waals surface area contributed by atoms with Crippen LogP contribution in [0.1, 0.15) is 5.76 Å². The van der Waals surface area contributed by atoms with Crippen molar-refractivity contribution in [2.45, 2.75) is 6.54 Å². The first kappa shape index (κ1) is 14.0. The van der Waals surface area contributed by atoms with Crippen LogP contribution in [0.15, 0.2) is 41.0 Å². The molecule has 0 saturated carbocycles. The van der Waals surface area contributed by atoms with Crippen LogP contribution in [-0.4, -0.2) is 25.0 Å². The Morgan fingerprint density at radius 2 is 2.18 bits per heavy atom. The van der Waals surface area contributed by atoms with E-state index in [2.05, 4.69) is 5.32 Å². The fraction of sp³-hybridized carbons (Fsp3) is 0.200. The first-order valence-electron chi connectivity index (χ1n) is 6.76. The van der Waals surface area contributed by atoms with E-state index in [1.807, 2.05) is 0 Å². The van der Waals surface area contributed by atoms with Gasteiger partial charge in [-0.15, -0.1) is 0 Å². The van der Waals surface area contributed by atoms with E-state index < -0.39 is 0 Å². The number of rotatable bonds is 4. The van der Waals surface area contributed by atoms with Crippen LogP contribution in [0, 0.1) is 0 Å². The molecule has 1 aliphatic heterocycles. The third-order valence-corrected chi connectivity index (χ3v) is 3.29. The fourth-order valence-electron chi connectivity index (χ4n) is 2.25. The second kappa shape index (κ2) is 5.80. The van der Waals surface area contributed by atoms with Crippen molar-refractivity contribution in [1.29, 1.82) is 0 Å². The molecule has 1 aromatic carbocycles. The highest BCUT2D eigenvalue weighted by atomic mass is 16.5. The number of anilines is 2. The van der Waals surface area contributed by atoms with Crippen molar-refractivity contribution in [3.8, 4) is 5.75 Å². The monoisotopic (exact) mass is 301 g/mol. The van der Waals surface area contributed by atoms with Gasteiger partial charge in [0, 0.05) is 0 Å². The molecule has 2 amide bonds. The molecule has 1 aromatic heterocycles. The molecular formula is C15H15N3O4. The fourth-order valence-corrected chi connectivity index (χ4v) is 2.25. The summed E-state index contributed by atoms with van der Waals surface area (Å²) in [6.45, 7) is 0.0352. The number of nitrogens with zero attached hydrogens (tertiary/aromatic N) is 1. The van der Waals surface area contributed by atoms with Gasteiger partial charge in [0.1, 0.15) is 23.7 Å². The number of carbonyl (C=O) groups excluding carboxylic acids is 2. The maximum absolute atomic E-state index is 12.0. The summed E-state index contributed by atoms with van der Waals surface area (Å²) in [6.07, 6.45) is 1.53. The van der Waals surface area contributed by atoms with E-state index >= 15 is 0 Å². The van der Waals surface area contributed by atoms with Gasteiger partial charge in [0.2, 0.25) is 5.91 Å². The summed E-state index contributed by atoms with van der Waals surface area (Å²) >= 11 is 0. The molecule has 3 rings (SSSR count). The van der Waals surface area contributed by atoms with Crippen LogP contribution in [0.25, 0.3) is 0 Å². The van der Waals surface area contributed by atoms with E-state index in [-0.39, 0.29) is 31.5 Å². The number of furan rings is 1. The van der Waals surface area contributed by atoms with Gasteiger partial charge in [-0.25, -0.2) is 0 Å². The van der Waals surface area contributed by atoms with E-state index in [1.165, 1.54) is 11.2 Å². The molecule has 0 atom stereocenters. The summed E-state index contributed by atoms with van der Waals surface area (Å²) < 4.78 is 10.5. The number of amides is 2. The third-order valence-electron chi connectivity index (χ3n) is 3.29. The quantitative estimate of drug-likeness (QED) is 0.818. The highest BCUT2D eigenvalue weighted by molar-refractivity contribution is 6.04. The molecule has 0 bridgehead atoms. The molecule has 114 valence electrons. The van der Waals surface area contributed by atoms with Crippen LogP contribution >= 0.6 is 0 Å². The second-order valence-corrected chi connectivity index (χ2v) is 4.82. The number of ether oxygens (including phenoxy) is 1. The van der Waals surface area contributed by atoms with Gasteiger partial charge < -0.3 is 20.2 Å². The summed E-state index contributed by atoms with van der Waals surface area (Å²) in [5, 5.41) is 2.69. The zero-order chi connectivity index (χ0) is 15.5. The molecule has 2 heterocycles. The van der Waals surface area contributed by atoms with Crippen molar-refractivity contribution in [3.63, 3.8) is 0 Å². The third kappa shape index (κ3) is 2.73. The molecule has 2 aromatic rings. The van der Waals surface area contributed by atoms with Crippen LogP contribution in [0.4, 0.5) is 11.4 Å². The molecule has 7 nitrogen and oxygen atoms in total. The number of hydrogen-bond acceptors (Lipinski definition) is 5. The standard InChI is InChI=1S/C15H15N3O4/c16-11-4-1-5-12-15(11)18(14(20)9-22-12)8-13(19)17-7-10-3-2-6-21-10/h1-6H,7-9,16H2,(H,17,19). The zero-order valence-corrected chi connectivity index (χ0v) is 11.7. The van der Waals surface area contributed by atoms with Crippen molar-refractivity contribution in [2.75, 3.05) is 23.8 Å². The maximum atomic E-state index is 12.0. The Bertz CT molecular complexity index is 697. The van der Waals surface area contributed by atoms with Crippen LogP contribution < -0.4 is 20.7 Å². The van der Waals surface area contributed by atoms with E-state index in [9.17, 15) is 9.59 Å². The minimum atomic E-state index is -0.307. The molecular weight excluding hydrogens is 286 g/mol. The maximum Gasteiger partial charge on any atom is 0.265 e. The highest BCUT2D eigenvalue weighted by Crippen LogP contribution is 2.36. The van der Waals surface area contributed by atoms with E-state index in [1.54, 1.807) is 30.3 Å². The normalized spacial score (nSPS) is 13.5. The van der Waals surface area contributed by atoms with Gasteiger partial charge in [0.05, 0.1) is 18.5 Å². The largest absolute Gasteiger partial charge is 0.481 e. The molecule has 0 fully saturated rings. The predicted molar refractivity (Wildman–Crippen MR) is 79.3 cm³/mol. The van der Waals surface area contributed by atoms with E-state index in [0.717, 1.165) is 0 Å². The zero-order valence-electron chi connectivity index (χ0n) is 11.7. The topological polar surface area (TPSA) is 97.8 Å². The SMILES string of the molecule is Nc1cccc2c1N(CC(=O)NCc1ccco1)C(=O)CO2. The van der Waals surface area contributed by atoms with Gasteiger partial charge in [-0.2, -0.15) is 0 Å². The molecule has 7 heteroatoms. The average molecular weight is 301 g/mol. The molecule has 22 heavy (non-hydrogen) atoms. The number of para-hydroxylation sites is 1. The van der Waals surface area contributed by atoms with Gasteiger partial charge in [-0.3, -0.25) is 14.5 Å². The molecule has 0 spiro atoms. The molecule has 0 aliphatic carbocycles. The van der Waals surface area contributed by atoms with Crippen LogP contribution in [-0.2, 0) is 16.1 Å². The lowest BCUT2D eigenvalue weighted by molar-refractivity contribution is -0.125. The van der Waals surface area contributed by atoms with Crippen molar-refractivity contribution in [1.82, 2.24) is 5.32 Å². The summed E-state index contributed by atoms with van der Waals surface area (Å²) in [5.41, 5.74) is 6.73. The first-order chi connectivity index (χ1) is 10.6. The smallest absolute Gasteiger partial charge is 0.265 e. The number of fused-ring (bicyclic) bond motifs is 1. The van der Waals surface area contributed by atoms with Gasteiger partial charge >= 0.3 is 0 Å². The van der Waals surface area contributed by atoms with Crippen molar-refractivity contribution < 1.29 is 18.7 Å². The number of nitrogens with two attached hydrogens (primary N) is 1. The Balaban J connectivity index is 1.72. The Morgan fingerprint density at radius 1 is 1.32 bits per heavy atom. The lowest BCUT2D eigenvalue weighted by Crippen LogP contribution is -2.45. The minimum Gasteiger partial charge on any atom is -0.481 e. The highest BCUT2D eigenvalue weighted by Gasteiger charge is 2.29. The van der Waals surface area contributed by atoms with Crippen molar-refractivity contribution in [3.05, 3.63) is 42.4 Å². The Morgan fingerprint density at radius 3 is 2.95 bits per heavy atom. The summed E-state index contributed by atoms with van der Waals surface area (Å²) in [6, 6.07) is 8.61. The lowest BCUT2D eigenvalue weighted by atomic mass is 10.2. The number of nitrogen functional groups attached to an aromatic ring is 1. The number of hydrogen-bond donors (Lipinski definition) is 2. The van der Waals surface area contributed by atoms with E-state index in [0.29, 0.717) is 22.9 Å². The van der Waals surface area contributed by atoms with E-state index in [4.69, 9.17) is 14.9 Å². The second-order valence-electron chi connectivity index (χ2n) is 4.82. The first-order valence-corrected chi connectivity index (χ1v) is 6.76. The molecule has 1 aliphatic rings. The van der Waals surface area contributed by atoms with Crippen LogP contribution in [0.5, 0.6) is 5.75 Å². The van der Waals surface area contributed by atoms with Crippen LogP contribution in [0.2, 0.25) is 0 Å². The Labute approximate surface area is 126 Å². The van der Waals surface area contributed by atoms with Crippen molar-refractivity contribution >= 4 is 23.2 Å². The lowest BCUT2D eigenvalue weighted by Gasteiger charge is -2.29. The van der Waals surface area contributed by atoms with Crippen molar-refractivity contribution in [2.24, 2.45) is 0 Å². The predicted octanol–water partition coefficient (Wildman–Crippen LogP) is 0.904. The molecule has 0 saturated heterocycles. The molecule has 0 radical (unpaired) electrons. The van der Waals surface area contributed by atoms with Gasteiger partial charge in [-0.05, 0) is 24.3 Å². The van der Waals surface area contributed by atoms with Gasteiger partial charge in [-0.1, -0.05) is 6.07 Å². The number of carbonyl (C=O) groups is 2. The van der Waals surface area contributed by atoms with Crippen LogP contribution in [0.3, 0.4) is 0 Å². The minimum absolute atomic E-state index is 0.109. The summed E-state index contributed by atoms with van der Waals surface area (Å²) in [5.74, 6) is 0.527. The molecule has 0 unspecified atom stereocenters. The average Bonchev–Trinajstić information content (AvgIpc) is 3.02. The number of nitrogens with one attached hydrogen (secondary N) is 1. The Kier molecular flexibility index (Phi) is 3.69. The molecule has 3 N–H and O–H groups in total. The Hall–Kier alpha value is -2.96. The summed E-state index contributed by atoms with van der Waals surface area (Å²) in [4.78, 5) is 25.4. The number of benzene rings is 1.